The van der Waals surface area contributed by atoms with Crippen LogP contribution in [0.5, 0.6) is 5.75 Å². The second-order valence-corrected chi connectivity index (χ2v) is 9.36. The van der Waals surface area contributed by atoms with E-state index in [-0.39, 0.29) is 25.1 Å². The monoisotopic (exact) mass is 486 g/mol. The highest BCUT2D eigenvalue weighted by atomic mass is 19.1. The average Bonchev–Trinajstić information content (AvgIpc) is 3.32. The number of rotatable bonds is 10. The number of hydrogen-bond acceptors (Lipinski definition) is 5. The molecule has 35 heavy (non-hydrogen) atoms. The van der Waals surface area contributed by atoms with Crippen molar-refractivity contribution in [2.75, 3.05) is 64.2 Å². The third-order valence-electron chi connectivity index (χ3n) is 6.39. The van der Waals surface area contributed by atoms with Crippen molar-refractivity contribution in [3.05, 3.63) is 53.8 Å². The van der Waals surface area contributed by atoms with Crippen LogP contribution >= 0.6 is 0 Å². The molecular formula is C27H39FN4O3. The smallest absolute Gasteiger partial charge is 0.258 e. The van der Waals surface area contributed by atoms with Crippen LogP contribution < -0.4 is 14.5 Å². The number of carbonyl (C=O) groups is 2. The van der Waals surface area contributed by atoms with E-state index in [4.69, 9.17) is 4.74 Å². The van der Waals surface area contributed by atoms with Gasteiger partial charge in [0.05, 0.1) is 24.9 Å². The lowest BCUT2D eigenvalue weighted by Gasteiger charge is -2.27. The number of amides is 2. The summed E-state index contributed by atoms with van der Waals surface area (Å²) in [6.45, 7) is 4.35. The predicted octanol–water partition coefficient (Wildman–Crippen LogP) is 4.13. The minimum Gasteiger partial charge on any atom is -0.494 e. The van der Waals surface area contributed by atoms with Gasteiger partial charge in [0.2, 0.25) is 5.91 Å². The van der Waals surface area contributed by atoms with Crippen molar-refractivity contribution < 1.29 is 20.1 Å². The van der Waals surface area contributed by atoms with Gasteiger partial charge in [0, 0.05) is 39.9 Å². The highest BCUT2D eigenvalue weighted by molar-refractivity contribution is 6.05. The molecule has 2 aromatic rings. The van der Waals surface area contributed by atoms with Crippen molar-refractivity contribution in [2.45, 2.75) is 32.2 Å². The summed E-state index contributed by atoms with van der Waals surface area (Å²) < 4.78 is 20.8. The van der Waals surface area contributed by atoms with Gasteiger partial charge in [0.25, 0.3) is 5.91 Å². The zero-order valence-electron chi connectivity index (χ0n) is 21.5. The quantitative estimate of drug-likeness (QED) is 0.473. The summed E-state index contributed by atoms with van der Waals surface area (Å²) in [6, 6.07) is 11.9. The fourth-order valence-electron chi connectivity index (χ4n) is 4.16. The van der Waals surface area contributed by atoms with Crippen LogP contribution in [0.15, 0.2) is 42.5 Å². The second kappa shape index (κ2) is 12.0. The first-order chi connectivity index (χ1) is 16.7. The molecule has 0 aliphatic carbocycles. The molecule has 1 aliphatic heterocycles. The maximum absolute atomic E-state index is 15.1. The number of ether oxygens (including phenoxy) is 1. The predicted molar refractivity (Wildman–Crippen MR) is 140 cm³/mol. The molecule has 8 heteroatoms. The van der Waals surface area contributed by atoms with E-state index >= 15 is 4.39 Å². The standard InChI is InChI=1S/C27H37FN4O3.H2/c1-6-7-16-35-23-11-8-20(9-12-23)27(34)31(5)21-10-13-25(24(28)17-21)32-15-14-22(18-32)30(4)26(33)19-29(2)3;/h8-13,17,22H,6-7,14-16,18-19H2,1-5H3;1H. The Balaban J connectivity index is 0.00000456. The zero-order valence-corrected chi connectivity index (χ0v) is 21.5. The van der Waals surface area contributed by atoms with Crippen molar-refractivity contribution in [1.29, 1.82) is 0 Å². The van der Waals surface area contributed by atoms with Crippen LogP contribution in [-0.2, 0) is 4.79 Å². The zero-order chi connectivity index (χ0) is 25.5. The molecule has 192 valence electrons. The summed E-state index contributed by atoms with van der Waals surface area (Å²) in [5.41, 5.74) is 1.47. The maximum atomic E-state index is 15.1. The van der Waals surface area contributed by atoms with E-state index in [1.807, 2.05) is 30.9 Å². The summed E-state index contributed by atoms with van der Waals surface area (Å²) in [4.78, 5) is 32.3. The molecule has 7 nitrogen and oxygen atoms in total. The third kappa shape index (κ3) is 6.72. The summed E-state index contributed by atoms with van der Waals surface area (Å²) in [5, 5.41) is 0. The van der Waals surface area contributed by atoms with Crippen LogP contribution in [0.25, 0.3) is 0 Å². The number of unbranched alkanes of at least 4 members (excludes halogenated alkanes) is 1. The first-order valence-corrected chi connectivity index (χ1v) is 12.2. The number of benzene rings is 2. The van der Waals surface area contributed by atoms with Crippen molar-refractivity contribution in [1.82, 2.24) is 9.80 Å². The maximum Gasteiger partial charge on any atom is 0.258 e. The second-order valence-electron chi connectivity index (χ2n) is 9.36. The van der Waals surface area contributed by atoms with E-state index in [9.17, 15) is 9.59 Å². The van der Waals surface area contributed by atoms with Crippen molar-refractivity contribution >= 4 is 23.2 Å². The van der Waals surface area contributed by atoms with Gasteiger partial charge >= 0.3 is 0 Å². The van der Waals surface area contributed by atoms with Crippen LogP contribution in [0.3, 0.4) is 0 Å². The molecule has 0 bridgehead atoms. The summed E-state index contributed by atoms with van der Waals surface area (Å²) >= 11 is 0. The highest BCUT2D eigenvalue weighted by Gasteiger charge is 2.30. The minimum atomic E-state index is -0.384. The van der Waals surface area contributed by atoms with Gasteiger partial charge in [-0.2, -0.15) is 0 Å². The number of anilines is 2. The lowest BCUT2D eigenvalue weighted by molar-refractivity contribution is -0.132. The molecule has 1 heterocycles. The van der Waals surface area contributed by atoms with E-state index in [0.29, 0.717) is 43.2 Å². The summed E-state index contributed by atoms with van der Waals surface area (Å²) in [6.07, 6.45) is 2.82. The fraction of sp³-hybridized carbons (Fsp3) is 0.481. The number of likely N-dealkylation sites (N-methyl/N-ethyl adjacent to an activating group) is 2. The highest BCUT2D eigenvalue weighted by Crippen LogP contribution is 2.29. The van der Waals surface area contributed by atoms with Gasteiger partial charge in [-0.05, 0) is 69.4 Å². The van der Waals surface area contributed by atoms with E-state index < -0.39 is 0 Å². The average molecular weight is 487 g/mol. The Labute approximate surface area is 209 Å². The lowest BCUT2D eigenvalue weighted by Crippen LogP contribution is -2.43. The van der Waals surface area contributed by atoms with Crippen LogP contribution in [0.4, 0.5) is 15.8 Å². The first kappa shape index (κ1) is 26.5. The molecule has 1 atom stereocenters. The van der Waals surface area contributed by atoms with Crippen LogP contribution in [-0.4, -0.2) is 82.1 Å². The van der Waals surface area contributed by atoms with Crippen LogP contribution in [0.2, 0.25) is 0 Å². The molecule has 1 saturated heterocycles. The Morgan fingerprint density at radius 3 is 2.46 bits per heavy atom. The van der Waals surface area contributed by atoms with E-state index in [1.54, 1.807) is 48.3 Å². The molecule has 2 aromatic carbocycles. The summed E-state index contributed by atoms with van der Waals surface area (Å²) in [7, 11) is 7.18. The molecule has 1 unspecified atom stereocenters. The van der Waals surface area contributed by atoms with E-state index in [2.05, 4.69) is 6.92 Å². The molecule has 2 amide bonds. The Morgan fingerprint density at radius 2 is 1.83 bits per heavy atom. The molecule has 0 saturated carbocycles. The van der Waals surface area contributed by atoms with Crippen LogP contribution in [0, 0.1) is 5.82 Å². The van der Waals surface area contributed by atoms with E-state index in [0.717, 1.165) is 25.0 Å². The van der Waals surface area contributed by atoms with Gasteiger partial charge in [-0.25, -0.2) is 4.39 Å². The van der Waals surface area contributed by atoms with Gasteiger partial charge in [-0.3, -0.25) is 9.59 Å². The van der Waals surface area contributed by atoms with Gasteiger partial charge in [0.15, 0.2) is 0 Å². The number of nitrogens with zero attached hydrogens (tertiary/aromatic N) is 4. The van der Waals surface area contributed by atoms with Gasteiger partial charge < -0.3 is 24.3 Å². The van der Waals surface area contributed by atoms with Gasteiger partial charge in [-0.15, -0.1) is 0 Å². The Kier molecular flexibility index (Phi) is 9.09. The largest absolute Gasteiger partial charge is 0.494 e. The Bertz CT molecular complexity index is 1020. The Morgan fingerprint density at radius 1 is 1.11 bits per heavy atom. The molecule has 0 N–H and O–H groups in total. The minimum absolute atomic E-state index is 0. The normalized spacial score (nSPS) is 15.4. The van der Waals surface area contributed by atoms with Gasteiger partial charge in [-0.1, -0.05) is 13.3 Å². The Hall–Kier alpha value is -3.13. The van der Waals surface area contributed by atoms with E-state index in [1.165, 1.54) is 11.0 Å². The van der Waals surface area contributed by atoms with Crippen molar-refractivity contribution in [2.24, 2.45) is 0 Å². The molecule has 1 aliphatic rings. The number of halogens is 1. The third-order valence-corrected chi connectivity index (χ3v) is 6.39. The number of carbonyl (C=O) groups excluding carboxylic acids is 2. The van der Waals surface area contributed by atoms with Crippen molar-refractivity contribution in [3.63, 3.8) is 0 Å². The lowest BCUT2D eigenvalue weighted by atomic mass is 10.1. The van der Waals surface area contributed by atoms with Crippen LogP contribution in [0.1, 0.15) is 38.0 Å². The molecule has 0 radical (unpaired) electrons. The topological polar surface area (TPSA) is 56.3 Å². The first-order valence-electron chi connectivity index (χ1n) is 12.2. The summed E-state index contributed by atoms with van der Waals surface area (Å²) in [5.74, 6) is 0.175. The molecule has 3 rings (SSSR count). The molecule has 0 spiro atoms. The fourth-order valence-corrected chi connectivity index (χ4v) is 4.16. The van der Waals surface area contributed by atoms with Gasteiger partial charge in [0.1, 0.15) is 11.6 Å². The molecule has 1 fully saturated rings. The number of hydrogen-bond donors (Lipinski definition) is 0. The molecule has 0 aromatic heterocycles. The SMILES string of the molecule is CCCCOc1ccc(C(=O)N(C)c2ccc(N3CCC(N(C)C(=O)CN(C)C)C3)c(F)c2)cc1.[HH]. The van der Waals surface area contributed by atoms with Crippen molar-refractivity contribution in [3.8, 4) is 5.75 Å². The molecular weight excluding hydrogens is 447 g/mol.